The van der Waals surface area contributed by atoms with Crippen LogP contribution in [0.1, 0.15) is 66.9 Å². The van der Waals surface area contributed by atoms with Crippen molar-refractivity contribution in [3.63, 3.8) is 0 Å². The van der Waals surface area contributed by atoms with Crippen molar-refractivity contribution < 1.29 is 19.1 Å². The highest BCUT2D eigenvalue weighted by molar-refractivity contribution is 8.26. The second-order valence-electron chi connectivity index (χ2n) is 8.67. The average Bonchev–Trinajstić information content (AvgIpc) is 3.13. The van der Waals surface area contributed by atoms with Crippen LogP contribution in [-0.2, 0) is 14.3 Å². The second kappa shape index (κ2) is 13.9. The van der Waals surface area contributed by atoms with E-state index < -0.39 is 0 Å². The standard InChI is InChI=1S/C28H32N2O4S2/c1-3-4-18-34-27(33)22-13-15-23(16-14-22)29-25(31)8-6-5-7-17-30-26(32)24(36-28(30)35)19-21-11-9-20(2)10-12-21/h9-16,19H,3-8,17-18H2,1-2H3,(H,29,31). The number of carbonyl (C=O) groups is 3. The second-order valence-corrected chi connectivity index (χ2v) is 10.3. The summed E-state index contributed by atoms with van der Waals surface area (Å²) in [7, 11) is 0. The Hall–Kier alpha value is -2.97. The number of nitrogens with zero attached hydrogens (tertiary/aromatic N) is 1. The molecule has 0 unspecified atom stereocenters. The molecule has 0 radical (unpaired) electrons. The van der Waals surface area contributed by atoms with Gasteiger partial charge in [-0.2, -0.15) is 0 Å². The maximum atomic E-state index is 12.8. The molecule has 0 spiro atoms. The smallest absolute Gasteiger partial charge is 0.338 e. The first-order valence-corrected chi connectivity index (χ1v) is 13.5. The summed E-state index contributed by atoms with van der Waals surface area (Å²) in [5.74, 6) is -0.491. The zero-order valence-electron chi connectivity index (χ0n) is 20.7. The number of benzene rings is 2. The molecule has 2 aromatic rings. The van der Waals surface area contributed by atoms with Crippen molar-refractivity contribution in [3.8, 4) is 0 Å². The minimum atomic E-state index is -0.353. The van der Waals surface area contributed by atoms with Crippen molar-refractivity contribution in [1.29, 1.82) is 0 Å². The Kier molecular flexibility index (Phi) is 10.7. The maximum Gasteiger partial charge on any atom is 0.338 e. The van der Waals surface area contributed by atoms with Crippen molar-refractivity contribution in [2.45, 2.75) is 52.4 Å². The lowest BCUT2D eigenvalue weighted by molar-refractivity contribution is -0.122. The molecular weight excluding hydrogens is 492 g/mol. The van der Waals surface area contributed by atoms with Gasteiger partial charge < -0.3 is 10.1 Å². The summed E-state index contributed by atoms with van der Waals surface area (Å²) in [6.45, 7) is 5.03. The summed E-state index contributed by atoms with van der Waals surface area (Å²) in [6, 6.07) is 14.7. The van der Waals surface area contributed by atoms with E-state index in [9.17, 15) is 14.4 Å². The minimum Gasteiger partial charge on any atom is -0.462 e. The molecule has 36 heavy (non-hydrogen) atoms. The van der Waals surface area contributed by atoms with Crippen LogP contribution >= 0.6 is 24.0 Å². The molecule has 1 fully saturated rings. The van der Waals surface area contributed by atoms with E-state index in [0.29, 0.717) is 46.5 Å². The van der Waals surface area contributed by atoms with E-state index in [2.05, 4.69) is 5.32 Å². The van der Waals surface area contributed by atoms with Crippen LogP contribution in [0.4, 0.5) is 5.69 Å². The van der Waals surface area contributed by atoms with Crippen molar-refractivity contribution in [1.82, 2.24) is 4.90 Å². The fourth-order valence-electron chi connectivity index (χ4n) is 3.54. The minimum absolute atomic E-state index is 0.0546. The maximum absolute atomic E-state index is 12.8. The summed E-state index contributed by atoms with van der Waals surface area (Å²) >= 11 is 6.74. The molecule has 1 N–H and O–H groups in total. The highest BCUT2D eigenvalue weighted by Gasteiger charge is 2.31. The van der Waals surface area contributed by atoms with Gasteiger partial charge in [0.15, 0.2) is 0 Å². The number of hydrogen-bond donors (Lipinski definition) is 1. The van der Waals surface area contributed by atoms with Gasteiger partial charge in [0.05, 0.1) is 17.1 Å². The number of carbonyl (C=O) groups excluding carboxylic acids is 3. The van der Waals surface area contributed by atoms with Crippen molar-refractivity contribution in [3.05, 3.63) is 70.1 Å². The molecule has 6 nitrogen and oxygen atoms in total. The number of hydrogen-bond acceptors (Lipinski definition) is 6. The molecule has 1 saturated heterocycles. The predicted octanol–water partition coefficient (Wildman–Crippen LogP) is 6.35. The van der Waals surface area contributed by atoms with Gasteiger partial charge in [-0.15, -0.1) is 0 Å². The summed E-state index contributed by atoms with van der Waals surface area (Å²) in [4.78, 5) is 39.3. The fraction of sp³-hybridized carbons (Fsp3) is 0.357. The fourth-order valence-corrected chi connectivity index (χ4v) is 4.85. The normalized spacial score (nSPS) is 14.4. The Morgan fingerprint density at radius 1 is 1.03 bits per heavy atom. The Labute approximate surface area is 222 Å². The van der Waals surface area contributed by atoms with Gasteiger partial charge in [-0.3, -0.25) is 14.5 Å². The van der Waals surface area contributed by atoms with E-state index >= 15 is 0 Å². The van der Waals surface area contributed by atoms with Crippen LogP contribution in [0.5, 0.6) is 0 Å². The summed E-state index contributed by atoms with van der Waals surface area (Å²) in [5.41, 5.74) is 3.26. The van der Waals surface area contributed by atoms with Crippen LogP contribution in [0.2, 0.25) is 0 Å². The Balaban J connectivity index is 1.36. The SMILES string of the molecule is CCCCOC(=O)c1ccc(NC(=O)CCCCCN2C(=O)C(=Cc3ccc(C)cc3)SC2=S)cc1. The molecule has 8 heteroatoms. The van der Waals surface area contributed by atoms with Crippen molar-refractivity contribution >= 4 is 57.8 Å². The first-order chi connectivity index (χ1) is 17.4. The third-order valence-electron chi connectivity index (χ3n) is 5.67. The summed E-state index contributed by atoms with van der Waals surface area (Å²) in [6.07, 6.45) is 6.36. The van der Waals surface area contributed by atoms with Gasteiger partial charge in [-0.05, 0) is 62.1 Å². The highest BCUT2D eigenvalue weighted by Crippen LogP contribution is 2.32. The largest absolute Gasteiger partial charge is 0.462 e. The van der Waals surface area contributed by atoms with Gasteiger partial charge >= 0.3 is 5.97 Å². The molecule has 0 atom stereocenters. The number of ether oxygens (including phenoxy) is 1. The number of rotatable bonds is 12. The molecule has 3 rings (SSSR count). The van der Waals surface area contributed by atoms with Crippen LogP contribution in [0, 0.1) is 6.92 Å². The van der Waals surface area contributed by atoms with E-state index in [4.69, 9.17) is 17.0 Å². The topological polar surface area (TPSA) is 75.7 Å². The number of amides is 2. The summed E-state index contributed by atoms with van der Waals surface area (Å²) in [5, 5.41) is 2.85. The first kappa shape index (κ1) is 27.6. The number of esters is 1. The monoisotopic (exact) mass is 524 g/mol. The van der Waals surface area contributed by atoms with Crippen LogP contribution in [-0.4, -0.2) is 40.2 Å². The Bertz CT molecular complexity index is 1110. The van der Waals surface area contributed by atoms with E-state index in [-0.39, 0.29) is 17.8 Å². The third kappa shape index (κ3) is 8.31. The van der Waals surface area contributed by atoms with Gasteiger partial charge in [-0.1, -0.05) is 73.6 Å². The molecule has 2 amide bonds. The average molecular weight is 525 g/mol. The molecule has 1 heterocycles. The number of thiocarbonyl (C=S) groups is 1. The molecule has 0 saturated carbocycles. The molecule has 1 aliphatic rings. The molecule has 0 aliphatic carbocycles. The number of unbranched alkanes of at least 4 members (excludes halogenated alkanes) is 3. The van der Waals surface area contributed by atoms with Gasteiger partial charge in [0.2, 0.25) is 5.91 Å². The van der Waals surface area contributed by atoms with Crippen LogP contribution in [0.25, 0.3) is 6.08 Å². The van der Waals surface area contributed by atoms with Gasteiger partial charge in [0.1, 0.15) is 4.32 Å². The van der Waals surface area contributed by atoms with Crippen LogP contribution in [0.15, 0.2) is 53.4 Å². The lowest BCUT2D eigenvalue weighted by Crippen LogP contribution is -2.29. The molecule has 190 valence electrons. The lowest BCUT2D eigenvalue weighted by atomic mass is 10.1. The quantitative estimate of drug-likeness (QED) is 0.151. The number of thioether (sulfide) groups is 1. The predicted molar refractivity (Wildman–Crippen MR) is 150 cm³/mol. The Morgan fingerprint density at radius 2 is 1.75 bits per heavy atom. The van der Waals surface area contributed by atoms with Gasteiger partial charge in [0, 0.05) is 18.7 Å². The number of anilines is 1. The number of aryl methyl sites for hydroxylation is 1. The third-order valence-corrected chi connectivity index (χ3v) is 7.05. The first-order valence-electron chi connectivity index (χ1n) is 12.3. The van der Waals surface area contributed by atoms with E-state index in [1.165, 1.54) is 17.3 Å². The van der Waals surface area contributed by atoms with E-state index in [0.717, 1.165) is 31.2 Å². The number of nitrogens with one attached hydrogen (secondary N) is 1. The highest BCUT2D eigenvalue weighted by atomic mass is 32.2. The Morgan fingerprint density at radius 3 is 2.44 bits per heavy atom. The van der Waals surface area contributed by atoms with Crippen molar-refractivity contribution in [2.24, 2.45) is 0 Å². The molecule has 2 aromatic carbocycles. The van der Waals surface area contributed by atoms with Crippen LogP contribution in [0.3, 0.4) is 0 Å². The van der Waals surface area contributed by atoms with Gasteiger partial charge in [0.25, 0.3) is 5.91 Å². The summed E-state index contributed by atoms with van der Waals surface area (Å²) < 4.78 is 5.77. The van der Waals surface area contributed by atoms with E-state index in [1.807, 2.05) is 44.2 Å². The lowest BCUT2D eigenvalue weighted by Gasteiger charge is -2.14. The molecular formula is C28H32N2O4S2. The molecule has 1 aliphatic heterocycles. The van der Waals surface area contributed by atoms with Crippen molar-refractivity contribution in [2.75, 3.05) is 18.5 Å². The van der Waals surface area contributed by atoms with Gasteiger partial charge in [-0.25, -0.2) is 4.79 Å². The van der Waals surface area contributed by atoms with Crippen LogP contribution < -0.4 is 5.32 Å². The van der Waals surface area contributed by atoms with E-state index in [1.54, 1.807) is 29.2 Å². The molecule has 0 aromatic heterocycles. The zero-order valence-corrected chi connectivity index (χ0v) is 22.4. The zero-order chi connectivity index (χ0) is 25.9. The molecule has 0 bridgehead atoms.